The zero-order valence-electron chi connectivity index (χ0n) is 16.3. The zero-order chi connectivity index (χ0) is 20.6. The highest BCUT2D eigenvalue weighted by Gasteiger charge is 2.13. The second-order valence-corrected chi connectivity index (χ2v) is 6.39. The lowest BCUT2D eigenvalue weighted by Gasteiger charge is -2.11. The Morgan fingerprint density at radius 2 is 2.07 bits per heavy atom. The van der Waals surface area contributed by atoms with Crippen LogP contribution in [-0.4, -0.2) is 41.1 Å². The van der Waals surface area contributed by atoms with Crippen LogP contribution < -0.4 is 10.6 Å². The van der Waals surface area contributed by atoms with E-state index in [1.54, 1.807) is 32.5 Å². The van der Waals surface area contributed by atoms with E-state index >= 15 is 0 Å². The molecule has 29 heavy (non-hydrogen) atoms. The molecule has 2 N–H and O–H groups in total. The lowest BCUT2D eigenvalue weighted by Crippen LogP contribution is -2.16. The smallest absolute Gasteiger partial charge is 0.257 e. The number of carbonyl (C=O) groups excluding carboxylic acids is 1. The molecule has 0 radical (unpaired) electrons. The Morgan fingerprint density at radius 3 is 2.79 bits per heavy atom. The van der Waals surface area contributed by atoms with E-state index in [1.807, 2.05) is 12.1 Å². The molecule has 0 aliphatic rings. The lowest BCUT2D eigenvalue weighted by molar-refractivity contribution is 0.102. The number of nitrogens with zero attached hydrogens (tertiary/aromatic N) is 3. The van der Waals surface area contributed by atoms with Crippen LogP contribution in [0.15, 0.2) is 48.8 Å². The van der Waals surface area contributed by atoms with E-state index in [4.69, 9.17) is 4.74 Å². The number of methoxy groups -OCH3 is 1. The van der Waals surface area contributed by atoms with Gasteiger partial charge < -0.3 is 15.4 Å². The van der Waals surface area contributed by atoms with Crippen LogP contribution in [0.3, 0.4) is 0 Å². The first-order valence-electron chi connectivity index (χ1n) is 9.16. The van der Waals surface area contributed by atoms with Gasteiger partial charge in [-0.1, -0.05) is 0 Å². The Morgan fingerprint density at radius 1 is 1.21 bits per heavy atom. The molecule has 1 aromatic carbocycles. The normalized spacial score (nSPS) is 10.6. The van der Waals surface area contributed by atoms with Gasteiger partial charge in [0.1, 0.15) is 11.6 Å². The van der Waals surface area contributed by atoms with Gasteiger partial charge in [0.15, 0.2) is 0 Å². The van der Waals surface area contributed by atoms with E-state index in [2.05, 4.69) is 25.6 Å². The molecule has 2 aromatic heterocycles. The van der Waals surface area contributed by atoms with Crippen LogP contribution in [0.4, 0.5) is 16.2 Å². The molecule has 0 saturated carbocycles. The Kier molecular flexibility index (Phi) is 6.80. The van der Waals surface area contributed by atoms with Crippen LogP contribution in [0, 0.1) is 12.7 Å². The molecule has 3 aromatic rings. The molecule has 150 valence electrons. The van der Waals surface area contributed by atoms with Gasteiger partial charge in [0.2, 0.25) is 5.95 Å². The average Bonchev–Trinajstić information content (AvgIpc) is 2.71. The van der Waals surface area contributed by atoms with E-state index in [-0.39, 0.29) is 11.7 Å². The predicted molar refractivity (Wildman–Crippen MR) is 109 cm³/mol. The Hall–Kier alpha value is -3.39. The third kappa shape index (κ3) is 5.55. The van der Waals surface area contributed by atoms with E-state index < -0.39 is 0 Å². The maximum atomic E-state index is 13.3. The Balaban J connectivity index is 1.86. The second kappa shape index (κ2) is 9.70. The summed E-state index contributed by atoms with van der Waals surface area (Å²) in [5.74, 6) is -0.0402. The summed E-state index contributed by atoms with van der Waals surface area (Å²) in [7, 11) is 1.64. The van der Waals surface area contributed by atoms with Crippen LogP contribution in [0.1, 0.15) is 22.3 Å². The molecule has 1 amide bonds. The molecule has 0 aliphatic carbocycles. The average molecular weight is 395 g/mol. The van der Waals surface area contributed by atoms with Gasteiger partial charge in [-0.25, -0.2) is 9.37 Å². The van der Waals surface area contributed by atoms with E-state index in [0.717, 1.165) is 12.0 Å². The summed E-state index contributed by atoms with van der Waals surface area (Å²) < 4.78 is 18.4. The van der Waals surface area contributed by atoms with Crippen molar-refractivity contribution in [1.82, 2.24) is 15.0 Å². The van der Waals surface area contributed by atoms with Gasteiger partial charge >= 0.3 is 0 Å². The number of hydrogen-bond acceptors (Lipinski definition) is 6. The maximum Gasteiger partial charge on any atom is 0.257 e. The van der Waals surface area contributed by atoms with Gasteiger partial charge in [0.05, 0.1) is 5.69 Å². The number of nitrogens with one attached hydrogen (secondary N) is 2. The predicted octanol–water partition coefficient (Wildman–Crippen LogP) is 3.69. The van der Waals surface area contributed by atoms with Crippen molar-refractivity contribution in [3.8, 4) is 11.3 Å². The summed E-state index contributed by atoms with van der Waals surface area (Å²) in [5, 5.41) is 5.91. The fourth-order valence-corrected chi connectivity index (χ4v) is 2.73. The standard InChI is InChI=1S/C21H22FN5O2/c1-14-11-16(22)6-7-17(14)20(28)26-19-12-18(15-5-3-8-23-13-15)25-21(27-19)24-9-4-10-29-2/h3,5-8,11-13H,4,9-10H2,1-2H3,(H2,24,25,26,27,28). The zero-order valence-corrected chi connectivity index (χ0v) is 16.3. The molecule has 0 unspecified atom stereocenters. The first-order chi connectivity index (χ1) is 14.1. The van der Waals surface area contributed by atoms with Gasteiger partial charge in [-0.2, -0.15) is 4.98 Å². The van der Waals surface area contributed by atoms with Gasteiger partial charge in [-0.3, -0.25) is 9.78 Å². The number of rotatable bonds is 8. The van der Waals surface area contributed by atoms with Gasteiger partial charge in [0, 0.05) is 49.8 Å². The number of hydrogen-bond donors (Lipinski definition) is 2. The number of halogens is 1. The monoisotopic (exact) mass is 395 g/mol. The van der Waals surface area contributed by atoms with Crippen molar-refractivity contribution < 1.29 is 13.9 Å². The molecule has 3 rings (SSSR count). The lowest BCUT2D eigenvalue weighted by atomic mass is 10.1. The SMILES string of the molecule is COCCCNc1nc(NC(=O)c2ccc(F)cc2C)cc(-c2cccnc2)n1. The molecule has 0 saturated heterocycles. The summed E-state index contributed by atoms with van der Waals surface area (Å²) in [6.45, 7) is 2.92. The molecule has 2 heterocycles. The largest absolute Gasteiger partial charge is 0.385 e. The number of ether oxygens (including phenoxy) is 1. The third-order valence-corrected chi connectivity index (χ3v) is 4.17. The van der Waals surface area contributed by atoms with Crippen molar-refractivity contribution in [3.05, 3.63) is 65.7 Å². The molecule has 7 nitrogen and oxygen atoms in total. The van der Waals surface area contributed by atoms with Crippen molar-refractivity contribution in [2.75, 3.05) is 30.9 Å². The quantitative estimate of drug-likeness (QED) is 0.566. The summed E-state index contributed by atoms with van der Waals surface area (Å²) in [6, 6.07) is 9.38. The van der Waals surface area contributed by atoms with E-state index in [9.17, 15) is 9.18 Å². The maximum absolute atomic E-state index is 13.3. The fraction of sp³-hybridized carbons (Fsp3) is 0.238. The van der Waals surface area contributed by atoms with Crippen LogP contribution in [0.5, 0.6) is 0 Å². The summed E-state index contributed by atoms with van der Waals surface area (Å²) >= 11 is 0. The van der Waals surface area contributed by atoms with Crippen molar-refractivity contribution in [2.24, 2.45) is 0 Å². The highest BCUT2D eigenvalue weighted by atomic mass is 19.1. The molecule has 0 aliphatic heterocycles. The summed E-state index contributed by atoms with van der Waals surface area (Å²) in [6.07, 6.45) is 4.15. The number of aryl methyl sites for hydroxylation is 1. The van der Waals surface area contributed by atoms with E-state index in [1.165, 1.54) is 18.2 Å². The van der Waals surface area contributed by atoms with E-state index in [0.29, 0.717) is 41.7 Å². The number of aromatic nitrogens is 3. The Labute approximate surface area is 168 Å². The number of amides is 1. The molecule has 0 fully saturated rings. The van der Waals surface area contributed by atoms with Gasteiger partial charge in [-0.15, -0.1) is 0 Å². The molecule has 0 atom stereocenters. The van der Waals surface area contributed by atoms with Crippen LogP contribution in [0.25, 0.3) is 11.3 Å². The van der Waals surface area contributed by atoms with Crippen LogP contribution in [-0.2, 0) is 4.74 Å². The highest BCUT2D eigenvalue weighted by molar-refractivity contribution is 6.05. The third-order valence-electron chi connectivity index (χ3n) is 4.17. The van der Waals surface area contributed by atoms with Crippen LogP contribution >= 0.6 is 0 Å². The summed E-state index contributed by atoms with van der Waals surface area (Å²) in [4.78, 5) is 25.7. The van der Waals surface area contributed by atoms with Crippen molar-refractivity contribution >= 4 is 17.7 Å². The fourth-order valence-electron chi connectivity index (χ4n) is 2.73. The number of pyridine rings is 1. The topological polar surface area (TPSA) is 89.0 Å². The van der Waals surface area contributed by atoms with Crippen LogP contribution in [0.2, 0.25) is 0 Å². The van der Waals surface area contributed by atoms with Crippen molar-refractivity contribution in [2.45, 2.75) is 13.3 Å². The first-order valence-corrected chi connectivity index (χ1v) is 9.16. The number of carbonyl (C=O) groups is 1. The van der Waals surface area contributed by atoms with Crippen molar-refractivity contribution in [3.63, 3.8) is 0 Å². The minimum Gasteiger partial charge on any atom is -0.385 e. The molecule has 8 heteroatoms. The molecule has 0 spiro atoms. The number of anilines is 2. The Bertz CT molecular complexity index is 982. The summed E-state index contributed by atoms with van der Waals surface area (Å²) in [5.41, 5.74) is 2.33. The molecule has 0 bridgehead atoms. The van der Waals surface area contributed by atoms with Crippen molar-refractivity contribution in [1.29, 1.82) is 0 Å². The second-order valence-electron chi connectivity index (χ2n) is 6.39. The van der Waals surface area contributed by atoms with Gasteiger partial charge in [-0.05, 0) is 49.2 Å². The molecular weight excluding hydrogens is 373 g/mol. The minimum atomic E-state index is -0.387. The molecular formula is C21H22FN5O2. The first kappa shape index (κ1) is 20.3. The minimum absolute atomic E-state index is 0.335. The number of benzene rings is 1. The van der Waals surface area contributed by atoms with Gasteiger partial charge in [0.25, 0.3) is 5.91 Å². The highest BCUT2D eigenvalue weighted by Crippen LogP contribution is 2.21.